The standard InChI is InChI=1S/C46H29NS/c1-2-11-30(12-3-1)31-23-25-36(26-24-31)47(42-20-10-19-40-41-27-33-14-4-5-15-34(33)29-44(41)48-46(40)42)43-28-35-22-21-32-13-6-7-16-37(32)45(35)39-18-9-8-17-38(39)43/h1-29H. The zero-order valence-corrected chi connectivity index (χ0v) is 26.9. The fraction of sp³-hybridized carbons (Fsp3) is 0. The van der Waals surface area contributed by atoms with Crippen LogP contribution in [-0.2, 0) is 0 Å². The summed E-state index contributed by atoms with van der Waals surface area (Å²) in [4.78, 5) is 2.49. The van der Waals surface area contributed by atoms with Gasteiger partial charge in [0.15, 0.2) is 0 Å². The van der Waals surface area contributed by atoms with Crippen molar-refractivity contribution in [1.29, 1.82) is 0 Å². The van der Waals surface area contributed by atoms with E-state index in [4.69, 9.17) is 0 Å². The van der Waals surface area contributed by atoms with Crippen molar-refractivity contribution >= 4 is 91.7 Å². The summed E-state index contributed by atoms with van der Waals surface area (Å²) in [6.45, 7) is 0. The third kappa shape index (κ3) is 4.24. The summed E-state index contributed by atoms with van der Waals surface area (Å²) in [5.74, 6) is 0. The molecule has 0 atom stereocenters. The van der Waals surface area contributed by atoms with Crippen molar-refractivity contribution in [2.75, 3.05) is 4.90 Å². The average molecular weight is 628 g/mol. The summed E-state index contributed by atoms with van der Waals surface area (Å²) in [5, 5.41) is 12.7. The number of nitrogens with zero attached hydrogens (tertiary/aromatic N) is 1. The van der Waals surface area contributed by atoms with Gasteiger partial charge in [0, 0.05) is 26.5 Å². The van der Waals surface area contributed by atoms with Gasteiger partial charge in [0.1, 0.15) is 0 Å². The molecule has 0 spiro atoms. The van der Waals surface area contributed by atoms with Crippen LogP contribution in [0.15, 0.2) is 176 Å². The SMILES string of the molecule is c1ccc(-c2ccc(N(c3cc4ccc5ccccc5c4c4ccccc34)c3cccc4c3sc3cc5ccccc5cc34)cc2)cc1. The van der Waals surface area contributed by atoms with E-state index in [1.165, 1.54) is 85.8 Å². The summed E-state index contributed by atoms with van der Waals surface area (Å²) >= 11 is 1.89. The third-order valence-corrected chi connectivity index (χ3v) is 11.0. The Bertz CT molecular complexity index is 2830. The van der Waals surface area contributed by atoms with Crippen LogP contribution in [0.1, 0.15) is 0 Å². The van der Waals surface area contributed by atoms with E-state index in [9.17, 15) is 0 Å². The lowest BCUT2D eigenvalue weighted by atomic mass is 9.94. The second kappa shape index (κ2) is 10.8. The largest absolute Gasteiger partial charge is 0.308 e. The van der Waals surface area contributed by atoms with E-state index >= 15 is 0 Å². The van der Waals surface area contributed by atoms with Crippen molar-refractivity contribution in [3.8, 4) is 11.1 Å². The van der Waals surface area contributed by atoms with Gasteiger partial charge in [-0.3, -0.25) is 0 Å². The van der Waals surface area contributed by atoms with Gasteiger partial charge in [-0.25, -0.2) is 0 Å². The highest BCUT2D eigenvalue weighted by Gasteiger charge is 2.22. The Morgan fingerprint density at radius 2 is 0.979 bits per heavy atom. The predicted octanol–water partition coefficient (Wildman–Crippen LogP) is 13.8. The molecular weight excluding hydrogens is 599 g/mol. The van der Waals surface area contributed by atoms with E-state index in [0.29, 0.717) is 0 Å². The fourth-order valence-electron chi connectivity index (χ4n) is 7.53. The summed E-state index contributed by atoms with van der Waals surface area (Å²) in [7, 11) is 0. The van der Waals surface area contributed by atoms with Gasteiger partial charge < -0.3 is 4.90 Å². The smallest absolute Gasteiger partial charge is 0.0640 e. The summed E-state index contributed by atoms with van der Waals surface area (Å²) in [6.07, 6.45) is 0. The number of hydrogen-bond donors (Lipinski definition) is 0. The van der Waals surface area contributed by atoms with Crippen molar-refractivity contribution in [2.45, 2.75) is 0 Å². The van der Waals surface area contributed by atoms with Crippen LogP contribution >= 0.6 is 11.3 Å². The number of hydrogen-bond acceptors (Lipinski definition) is 2. The topological polar surface area (TPSA) is 3.24 Å². The molecule has 10 rings (SSSR count). The van der Waals surface area contributed by atoms with Crippen molar-refractivity contribution in [3.63, 3.8) is 0 Å². The van der Waals surface area contributed by atoms with Crippen LogP contribution in [0.3, 0.4) is 0 Å². The van der Waals surface area contributed by atoms with Crippen LogP contribution in [-0.4, -0.2) is 0 Å². The van der Waals surface area contributed by atoms with E-state index < -0.39 is 0 Å². The number of anilines is 3. The Hall–Kier alpha value is -5.96. The summed E-state index contributed by atoms with van der Waals surface area (Å²) < 4.78 is 2.60. The highest BCUT2D eigenvalue weighted by molar-refractivity contribution is 7.26. The zero-order chi connectivity index (χ0) is 31.6. The van der Waals surface area contributed by atoms with E-state index in [2.05, 4.69) is 181 Å². The minimum Gasteiger partial charge on any atom is -0.308 e. The van der Waals surface area contributed by atoms with Gasteiger partial charge in [0.2, 0.25) is 0 Å². The molecule has 0 saturated heterocycles. The molecule has 2 heteroatoms. The first kappa shape index (κ1) is 27.2. The Balaban J connectivity index is 1.28. The molecule has 0 radical (unpaired) electrons. The molecular formula is C46H29NS. The number of rotatable bonds is 4. The van der Waals surface area contributed by atoms with Crippen LogP contribution in [0.4, 0.5) is 17.1 Å². The molecule has 0 aliphatic carbocycles. The Labute approximate surface area is 282 Å². The van der Waals surface area contributed by atoms with Gasteiger partial charge in [-0.1, -0.05) is 140 Å². The highest BCUT2D eigenvalue weighted by Crippen LogP contribution is 2.48. The lowest BCUT2D eigenvalue weighted by Gasteiger charge is -2.28. The van der Waals surface area contributed by atoms with Crippen LogP contribution in [0.5, 0.6) is 0 Å². The molecule has 1 aromatic heterocycles. The molecule has 0 amide bonds. The maximum absolute atomic E-state index is 2.49. The first-order chi connectivity index (χ1) is 23.8. The van der Waals surface area contributed by atoms with Gasteiger partial charge in [0.05, 0.1) is 16.1 Å². The first-order valence-electron chi connectivity index (χ1n) is 16.4. The number of thiophene rings is 1. The number of fused-ring (bicyclic) bond motifs is 9. The van der Waals surface area contributed by atoms with Gasteiger partial charge in [-0.05, 0) is 85.2 Å². The molecule has 224 valence electrons. The maximum Gasteiger partial charge on any atom is 0.0640 e. The van der Waals surface area contributed by atoms with Crippen LogP contribution in [0.25, 0.3) is 74.4 Å². The first-order valence-corrected chi connectivity index (χ1v) is 17.2. The van der Waals surface area contributed by atoms with Crippen LogP contribution < -0.4 is 4.90 Å². The molecule has 9 aromatic carbocycles. The van der Waals surface area contributed by atoms with Crippen LogP contribution in [0.2, 0.25) is 0 Å². The van der Waals surface area contributed by atoms with Crippen molar-refractivity contribution < 1.29 is 0 Å². The minimum atomic E-state index is 1.13. The molecule has 0 aliphatic heterocycles. The fourth-order valence-corrected chi connectivity index (χ4v) is 8.77. The van der Waals surface area contributed by atoms with Crippen LogP contribution in [0, 0.1) is 0 Å². The van der Waals surface area contributed by atoms with E-state index in [1.54, 1.807) is 0 Å². The van der Waals surface area contributed by atoms with Gasteiger partial charge in [-0.15, -0.1) is 11.3 Å². The Morgan fingerprint density at radius 3 is 1.79 bits per heavy atom. The summed E-state index contributed by atoms with van der Waals surface area (Å²) in [6, 6.07) is 64.5. The molecule has 10 aromatic rings. The predicted molar refractivity (Wildman–Crippen MR) is 209 cm³/mol. The lowest BCUT2D eigenvalue weighted by Crippen LogP contribution is -2.11. The van der Waals surface area contributed by atoms with Crippen molar-refractivity contribution in [2.24, 2.45) is 0 Å². The second-order valence-electron chi connectivity index (χ2n) is 12.5. The molecule has 0 saturated carbocycles. The molecule has 0 bridgehead atoms. The normalized spacial score (nSPS) is 11.8. The maximum atomic E-state index is 2.49. The molecule has 0 fully saturated rings. The van der Waals surface area contributed by atoms with Crippen molar-refractivity contribution in [3.05, 3.63) is 176 Å². The summed E-state index contributed by atoms with van der Waals surface area (Å²) in [5.41, 5.74) is 5.93. The highest BCUT2D eigenvalue weighted by atomic mass is 32.1. The van der Waals surface area contributed by atoms with Gasteiger partial charge in [0.25, 0.3) is 0 Å². The molecule has 48 heavy (non-hydrogen) atoms. The molecule has 1 heterocycles. The second-order valence-corrected chi connectivity index (χ2v) is 13.6. The third-order valence-electron chi connectivity index (χ3n) is 9.78. The lowest BCUT2D eigenvalue weighted by molar-refractivity contribution is 1.32. The molecule has 0 aliphatic rings. The van der Waals surface area contributed by atoms with E-state index in [0.717, 1.165) is 5.69 Å². The number of benzene rings is 9. The van der Waals surface area contributed by atoms with Gasteiger partial charge >= 0.3 is 0 Å². The van der Waals surface area contributed by atoms with E-state index in [-0.39, 0.29) is 0 Å². The Morgan fingerprint density at radius 1 is 0.354 bits per heavy atom. The van der Waals surface area contributed by atoms with Gasteiger partial charge in [-0.2, -0.15) is 0 Å². The molecule has 0 unspecified atom stereocenters. The Kier molecular flexibility index (Phi) is 6.12. The molecule has 0 N–H and O–H groups in total. The average Bonchev–Trinajstić information content (AvgIpc) is 3.52. The quantitative estimate of drug-likeness (QED) is 0.176. The minimum absolute atomic E-state index is 1.13. The van der Waals surface area contributed by atoms with Crippen molar-refractivity contribution in [1.82, 2.24) is 0 Å². The van der Waals surface area contributed by atoms with E-state index in [1.807, 2.05) is 11.3 Å². The molecule has 1 nitrogen and oxygen atoms in total. The monoisotopic (exact) mass is 627 g/mol. The zero-order valence-electron chi connectivity index (χ0n) is 26.1.